The van der Waals surface area contributed by atoms with Crippen LogP contribution in [-0.2, 0) is 19.2 Å². The summed E-state index contributed by atoms with van der Waals surface area (Å²) in [4.78, 5) is 13.2. The third kappa shape index (κ3) is 4.42. The number of carbonyl (C=O) groups excluding carboxylic acids is 1. The molecule has 3 aromatic carbocycles. The SMILES string of the molecule is Cc1ccc(S(=O)(=O)N2[C@H](C)C(=O)[C@@H]2CO[Si](c2ccccc2)(c2ccccc2)C(C)(C)C)cc1. The van der Waals surface area contributed by atoms with E-state index in [0.29, 0.717) is 0 Å². The summed E-state index contributed by atoms with van der Waals surface area (Å²) < 4.78 is 35.2. The maximum Gasteiger partial charge on any atom is 0.261 e. The van der Waals surface area contributed by atoms with Crippen LogP contribution in [0.25, 0.3) is 0 Å². The number of hydrogen-bond donors (Lipinski definition) is 0. The van der Waals surface area contributed by atoms with Crippen LogP contribution in [0.2, 0.25) is 5.04 Å². The summed E-state index contributed by atoms with van der Waals surface area (Å²) in [6, 6.07) is 25.4. The standard InChI is InChI=1S/C28H33NO4SSi/c1-21-16-18-23(19-17-21)34(31,32)29-22(2)27(30)26(29)20-33-35(28(3,4)5,24-12-8-6-9-13-24)25-14-10-7-11-15-25/h6-19,22,26H,20H2,1-5H3/t22-,26+/m1/s1. The molecule has 7 heteroatoms. The highest BCUT2D eigenvalue weighted by molar-refractivity contribution is 7.89. The highest BCUT2D eigenvalue weighted by Crippen LogP contribution is 2.38. The number of rotatable bonds is 7. The summed E-state index contributed by atoms with van der Waals surface area (Å²) in [5, 5.41) is 1.91. The third-order valence-electron chi connectivity index (χ3n) is 6.90. The number of ketones is 1. The van der Waals surface area contributed by atoms with Crippen LogP contribution in [0.3, 0.4) is 0 Å². The molecule has 0 N–H and O–H groups in total. The molecule has 0 amide bonds. The molecule has 0 aromatic heterocycles. The number of aryl methyl sites for hydroxylation is 1. The summed E-state index contributed by atoms with van der Waals surface area (Å²) in [5.74, 6) is -0.112. The van der Waals surface area contributed by atoms with Crippen molar-refractivity contribution >= 4 is 34.5 Å². The lowest BCUT2D eigenvalue weighted by Gasteiger charge is -2.47. The number of hydrogen-bond acceptors (Lipinski definition) is 4. The largest absolute Gasteiger partial charge is 0.405 e. The predicted octanol–water partition coefficient (Wildman–Crippen LogP) is 3.90. The molecule has 5 nitrogen and oxygen atoms in total. The first-order valence-electron chi connectivity index (χ1n) is 11.9. The first-order chi connectivity index (χ1) is 16.5. The highest BCUT2D eigenvalue weighted by atomic mass is 32.2. The van der Waals surface area contributed by atoms with Gasteiger partial charge in [0.25, 0.3) is 8.32 Å². The highest BCUT2D eigenvalue weighted by Gasteiger charge is 2.55. The molecule has 35 heavy (non-hydrogen) atoms. The van der Waals surface area contributed by atoms with Gasteiger partial charge >= 0.3 is 0 Å². The van der Waals surface area contributed by atoms with E-state index in [0.717, 1.165) is 15.9 Å². The minimum atomic E-state index is -3.83. The van der Waals surface area contributed by atoms with Gasteiger partial charge in [-0.15, -0.1) is 0 Å². The second kappa shape index (κ2) is 9.46. The summed E-state index contributed by atoms with van der Waals surface area (Å²) in [6.07, 6.45) is 0. The molecule has 0 unspecified atom stereocenters. The van der Waals surface area contributed by atoms with E-state index in [4.69, 9.17) is 4.43 Å². The summed E-state index contributed by atoms with van der Waals surface area (Å²) in [7, 11) is -6.73. The summed E-state index contributed by atoms with van der Waals surface area (Å²) in [6.45, 7) is 10.0. The van der Waals surface area contributed by atoms with Gasteiger partial charge in [-0.1, -0.05) is 99.1 Å². The van der Waals surface area contributed by atoms with Gasteiger partial charge < -0.3 is 4.43 Å². The van der Waals surface area contributed by atoms with Crippen molar-refractivity contribution in [2.24, 2.45) is 0 Å². The fourth-order valence-corrected chi connectivity index (χ4v) is 11.4. The molecule has 0 aliphatic carbocycles. The zero-order chi connectivity index (χ0) is 25.4. The first-order valence-corrected chi connectivity index (χ1v) is 15.2. The van der Waals surface area contributed by atoms with E-state index < -0.39 is 30.4 Å². The van der Waals surface area contributed by atoms with Gasteiger partial charge in [-0.25, -0.2) is 8.42 Å². The maximum atomic E-state index is 13.5. The van der Waals surface area contributed by atoms with E-state index in [1.807, 2.05) is 43.3 Å². The van der Waals surface area contributed by atoms with Crippen LogP contribution in [-0.4, -0.2) is 45.5 Å². The number of nitrogens with zero attached hydrogens (tertiary/aromatic N) is 1. The first kappa shape index (κ1) is 25.5. The topological polar surface area (TPSA) is 63.7 Å². The van der Waals surface area contributed by atoms with Gasteiger partial charge in [0, 0.05) is 0 Å². The van der Waals surface area contributed by atoms with Gasteiger partial charge in [-0.05, 0) is 41.4 Å². The lowest BCUT2D eigenvalue weighted by Crippen LogP contribution is -2.71. The van der Waals surface area contributed by atoms with Gasteiger partial charge in [-0.2, -0.15) is 4.31 Å². The van der Waals surface area contributed by atoms with Crippen molar-refractivity contribution in [1.82, 2.24) is 4.31 Å². The molecular weight excluding hydrogens is 474 g/mol. The van der Waals surface area contributed by atoms with Crippen LogP contribution in [0.1, 0.15) is 33.3 Å². The zero-order valence-corrected chi connectivity index (χ0v) is 22.7. The fraction of sp³-hybridized carbons (Fsp3) is 0.321. The van der Waals surface area contributed by atoms with Crippen LogP contribution in [0.4, 0.5) is 0 Å². The van der Waals surface area contributed by atoms with Crippen molar-refractivity contribution in [3.63, 3.8) is 0 Å². The van der Waals surface area contributed by atoms with Crippen molar-refractivity contribution < 1.29 is 17.6 Å². The van der Waals surface area contributed by atoms with Gasteiger partial charge in [0.15, 0.2) is 5.78 Å². The summed E-state index contributed by atoms with van der Waals surface area (Å²) >= 11 is 0. The molecule has 3 aromatic rings. The second-order valence-corrected chi connectivity index (χ2v) is 16.4. The van der Waals surface area contributed by atoms with E-state index in [2.05, 4.69) is 45.0 Å². The van der Waals surface area contributed by atoms with Crippen LogP contribution < -0.4 is 10.4 Å². The van der Waals surface area contributed by atoms with Gasteiger partial charge in [0.05, 0.1) is 17.5 Å². The Labute approximate surface area is 209 Å². The molecule has 1 heterocycles. The zero-order valence-electron chi connectivity index (χ0n) is 20.9. The van der Waals surface area contributed by atoms with Crippen molar-refractivity contribution in [3.8, 4) is 0 Å². The lowest BCUT2D eigenvalue weighted by atomic mass is 9.97. The van der Waals surface area contributed by atoms with Gasteiger partial charge in [0.1, 0.15) is 6.04 Å². The molecule has 4 rings (SSSR count). The molecule has 0 radical (unpaired) electrons. The monoisotopic (exact) mass is 507 g/mol. The van der Waals surface area contributed by atoms with Gasteiger partial charge in [-0.3, -0.25) is 4.79 Å². The number of Topliss-reactive ketones (excluding diaryl/α,β-unsaturated/α-hetero) is 1. The van der Waals surface area contributed by atoms with E-state index in [1.165, 1.54) is 4.31 Å². The van der Waals surface area contributed by atoms with Crippen LogP contribution >= 0.6 is 0 Å². The molecule has 0 saturated carbocycles. The molecule has 2 atom stereocenters. The Morgan fingerprint density at radius 3 is 1.80 bits per heavy atom. The van der Waals surface area contributed by atoms with Gasteiger partial charge in [0.2, 0.25) is 10.0 Å². The van der Waals surface area contributed by atoms with Crippen LogP contribution in [0.15, 0.2) is 89.8 Å². The molecule has 1 aliphatic heterocycles. The number of carbonyl (C=O) groups is 1. The van der Waals surface area contributed by atoms with Crippen LogP contribution in [0, 0.1) is 6.92 Å². The minimum Gasteiger partial charge on any atom is -0.405 e. The molecular formula is C28H33NO4SSi. The number of benzene rings is 3. The van der Waals surface area contributed by atoms with E-state index >= 15 is 0 Å². The lowest BCUT2D eigenvalue weighted by molar-refractivity contribution is -0.138. The average molecular weight is 508 g/mol. The Bertz CT molecular complexity index is 1250. The van der Waals surface area contributed by atoms with E-state index in [-0.39, 0.29) is 22.3 Å². The molecule has 0 bridgehead atoms. The smallest absolute Gasteiger partial charge is 0.261 e. The molecule has 184 valence electrons. The second-order valence-electron chi connectivity index (χ2n) is 10.2. The quantitative estimate of drug-likeness (QED) is 0.455. The maximum absolute atomic E-state index is 13.5. The van der Waals surface area contributed by atoms with E-state index in [9.17, 15) is 13.2 Å². The normalized spacial score (nSPS) is 19.4. The minimum absolute atomic E-state index is 0.0154. The number of sulfonamides is 1. The fourth-order valence-electron chi connectivity index (χ4n) is 5.05. The Hall–Kier alpha value is -2.58. The Morgan fingerprint density at radius 2 is 1.34 bits per heavy atom. The summed E-state index contributed by atoms with van der Waals surface area (Å²) in [5.41, 5.74) is 0.975. The Morgan fingerprint density at radius 1 is 0.857 bits per heavy atom. The average Bonchev–Trinajstić information content (AvgIpc) is 2.84. The Balaban J connectivity index is 1.73. The van der Waals surface area contributed by atoms with Crippen LogP contribution in [0.5, 0.6) is 0 Å². The Kier molecular flexibility index (Phi) is 6.90. The molecule has 1 aliphatic rings. The van der Waals surface area contributed by atoms with Crippen molar-refractivity contribution in [2.75, 3.05) is 6.61 Å². The molecule has 0 spiro atoms. The molecule has 1 saturated heterocycles. The van der Waals surface area contributed by atoms with Crippen molar-refractivity contribution in [3.05, 3.63) is 90.5 Å². The molecule has 1 fully saturated rings. The van der Waals surface area contributed by atoms with Crippen molar-refractivity contribution in [2.45, 2.75) is 56.6 Å². The van der Waals surface area contributed by atoms with E-state index in [1.54, 1.807) is 31.2 Å². The predicted molar refractivity (Wildman–Crippen MR) is 142 cm³/mol. The third-order valence-corrected chi connectivity index (χ3v) is 13.9. The van der Waals surface area contributed by atoms with Crippen molar-refractivity contribution in [1.29, 1.82) is 0 Å².